The molecule has 166 valence electrons. The van der Waals surface area contributed by atoms with Crippen molar-refractivity contribution >= 4 is 11.8 Å². The van der Waals surface area contributed by atoms with Crippen LogP contribution in [0.2, 0.25) is 0 Å². The van der Waals surface area contributed by atoms with Crippen LogP contribution >= 0.6 is 0 Å². The molecule has 0 N–H and O–H groups in total. The molecule has 0 aliphatic carbocycles. The van der Waals surface area contributed by atoms with Gasteiger partial charge in [-0.25, -0.2) is 0 Å². The zero-order valence-electron chi connectivity index (χ0n) is 19.0. The predicted molar refractivity (Wildman–Crippen MR) is 125 cm³/mol. The first-order chi connectivity index (χ1) is 15.5. The van der Waals surface area contributed by atoms with Crippen LogP contribution in [-0.2, 0) is 18.3 Å². The van der Waals surface area contributed by atoms with E-state index in [1.807, 2.05) is 37.1 Å². The molecule has 0 unspecified atom stereocenters. The topological polar surface area (TPSA) is 58.4 Å². The molecule has 6 nitrogen and oxygen atoms in total. The molecule has 1 aliphatic rings. The second-order valence-corrected chi connectivity index (χ2v) is 8.37. The zero-order chi connectivity index (χ0) is 22.7. The van der Waals surface area contributed by atoms with Crippen molar-refractivity contribution in [2.24, 2.45) is 7.05 Å². The van der Waals surface area contributed by atoms with Crippen molar-refractivity contribution in [3.63, 3.8) is 0 Å². The molecule has 0 bridgehead atoms. The van der Waals surface area contributed by atoms with Crippen LogP contribution in [0.4, 0.5) is 0 Å². The standard InChI is InChI=1S/C26H30N4O2/c1-4-14-29-15-16-30(25(31)23-18-27-28(3)19(23)2)24(26(29)32)17-20-10-12-22(13-11-20)21-8-6-5-7-9-21/h5-13,18,24H,4,14-17H2,1-3H3/t24-/m0/s1. The highest BCUT2D eigenvalue weighted by molar-refractivity contribution is 5.99. The Bertz CT molecular complexity index is 1090. The van der Waals surface area contributed by atoms with Gasteiger partial charge >= 0.3 is 0 Å². The minimum Gasteiger partial charge on any atom is -0.339 e. The Morgan fingerprint density at radius 3 is 2.34 bits per heavy atom. The largest absolute Gasteiger partial charge is 0.339 e. The van der Waals surface area contributed by atoms with Crippen LogP contribution in [0.5, 0.6) is 0 Å². The monoisotopic (exact) mass is 430 g/mol. The van der Waals surface area contributed by atoms with Gasteiger partial charge in [0.05, 0.1) is 11.8 Å². The number of nitrogens with zero attached hydrogens (tertiary/aromatic N) is 4. The van der Waals surface area contributed by atoms with E-state index in [2.05, 4.69) is 48.4 Å². The average molecular weight is 431 g/mol. The van der Waals surface area contributed by atoms with Gasteiger partial charge in [-0.15, -0.1) is 0 Å². The van der Waals surface area contributed by atoms with Crippen LogP contribution in [0.1, 0.15) is 35.0 Å². The second kappa shape index (κ2) is 9.39. The third-order valence-corrected chi connectivity index (χ3v) is 6.29. The van der Waals surface area contributed by atoms with E-state index in [1.54, 1.807) is 15.8 Å². The Balaban J connectivity index is 1.59. The molecule has 32 heavy (non-hydrogen) atoms. The molecule has 1 aliphatic heterocycles. The minimum atomic E-state index is -0.509. The highest BCUT2D eigenvalue weighted by Gasteiger charge is 2.38. The van der Waals surface area contributed by atoms with Crippen molar-refractivity contribution in [3.05, 3.63) is 77.6 Å². The third kappa shape index (κ3) is 4.31. The van der Waals surface area contributed by atoms with Crippen LogP contribution in [0.3, 0.4) is 0 Å². The summed E-state index contributed by atoms with van der Waals surface area (Å²) in [6.07, 6.45) is 3.01. The van der Waals surface area contributed by atoms with Gasteiger partial charge in [-0.2, -0.15) is 5.10 Å². The van der Waals surface area contributed by atoms with Crippen molar-refractivity contribution in [3.8, 4) is 11.1 Å². The number of benzene rings is 2. The molecular formula is C26H30N4O2. The van der Waals surface area contributed by atoms with Crippen LogP contribution < -0.4 is 0 Å². The van der Waals surface area contributed by atoms with Gasteiger partial charge in [0.1, 0.15) is 6.04 Å². The summed E-state index contributed by atoms with van der Waals surface area (Å²) in [4.78, 5) is 30.4. The molecule has 1 saturated heterocycles. The lowest BCUT2D eigenvalue weighted by Gasteiger charge is -2.40. The molecule has 0 spiro atoms. The number of piperazine rings is 1. The van der Waals surface area contributed by atoms with E-state index in [9.17, 15) is 9.59 Å². The van der Waals surface area contributed by atoms with Crippen LogP contribution in [0, 0.1) is 6.92 Å². The number of carbonyl (C=O) groups excluding carboxylic acids is 2. The summed E-state index contributed by atoms with van der Waals surface area (Å²) in [5.74, 6) is -0.0915. The minimum absolute atomic E-state index is 0.0279. The summed E-state index contributed by atoms with van der Waals surface area (Å²) in [5, 5.41) is 4.22. The van der Waals surface area contributed by atoms with Gasteiger partial charge in [0.25, 0.3) is 5.91 Å². The molecule has 1 fully saturated rings. The van der Waals surface area contributed by atoms with E-state index >= 15 is 0 Å². The van der Waals surface area contributed by atoms with Gasteiger partial charge < -0.3 is 9.80 Å². The lowest BCUT2D eigenvalue weighted by Crippen LogP contribution is -2.59. The lowest BCUT2D eigenvalue weighted by atomic mass is 9.97. The zero-order valence-corrected chi connectivity index (χ0v) is 19.0. The summed E-state index contributed by atoms with van der Waals surface area (Å²) >= 11 is 0. The predicted octanol–water partition coefficient (Wildman–Crippen LogP) is 3.70. The highest BCUT2D eigenvalue weighted by atomic mass is 16.2. The molecule has 4 rings (SSSR count). The first-order valence-corrected chi connectivity index (χ1v) is 11.2. The molecular weight excluding hydrogens is 400 g/mol. The van der Waals surface area contributed by atoms with Gasteiger partial charge in [0, 0.05) is 38.8 Å². The van der Waals surface area contributed by atoms with Gasteiger partial charge in [0.15, 0.2) is 0 Å². The molecule has 6 heteroatoms. The summed E-state index contributed by atoms with van der Waals surface area (Å²) in [7, 11) is 1.82. The first-order valence-electron chi connectivity index (χ1n) is 11.2. The summed E-state index contributed by atoms with van der Waals surface area (Å²) in [5.41, 5.74) is 4.71. The average Bonchev–Trinajstić information content (AvgIpc) is 3.15. The lowest BCUT2D eigenvalue weighted by molar-refractivity contribution is -0.140. The second-order valence-electron chi connectivity index (χ2n) is 8.37. The smallest absolute Gasteiger partial charge is 0.258 e. The van der Waals surface area contributed by atoms with E-state index < -0.39 is 6.04 Å². The van der Waals surface area contributed by atoms with Crippen molar-refractivity contribution in [1.82, 2.24) is 19.6 Å². The maximum absolute atomic E-state index is 13.4. The summed E-state index contributed by atoms with van der Waals surface area (Å²) < 4.78 is 1.69. The number of aromatic nitrogens is 2. The van der Waals surface area contributed by atoms with Crippen LogP contribution in [0.25, 0.3) is 11.1 Å². The van der Waals surface area contributed by atoms with Gasteiger partial charge in [0.2, 0.25) is 5.91 Å². The Kier molecular flexibility index (Phi) is 6.40. The number of aryl methyl sites for hydroxylation is 1. The number of rotatable bonds is 6. The van der Waals surface area contributed by atoms with Crippen LogP contribution in [0.15, 0.2) is 60.8 Å². The van der Waals surface area contributed by atoms with Gasteiger partial charge in [-0.3, -0.25) is 14.3 Å². The molecule has 2 heterocycles. The fourth-order valence-electron chi connectivity index (χ4n) is 4.32. The maximum Gasteiger partial charge on any atom is 0.258 e. The Morgan fingerprint density at radius 2 is 1.72 bits per heavy atom. The van der Waals surface area contributed by atoms with Gasteiger partial charge in [-0.05, 0) is 30.0 Å². The van der Waals surface area contributed by atoms with Crippen LogP contribution in [-0.4, -0.2) is 57.1 Å². The molecule has 1 aromatic heterocycles. The molecule has 1 atom stereocenters. The number of hydrogen-bond acceptors (Lipinski definition) is 3. The Hall–Kier alpha value is -3.41. The first kappa shape index (κ1) is 21.8. The third-order valence-electron chi connectivity index (χ3n) is 6.29. The highest BCUT2D eigenvalue weighted by Crippen LogP contribution is 2.23. The Labute approximate surface area is 189 Å². The maximum atomic E-state index is 13.4. The van der Waals surface area contributed by atoms with E-state index in [4.69, 9.17) is 0 Å². The quantitative estimate of drug-likeness (QED) is 0.599. The van der Waals surface area contributed by atoms with E-state index in [1.165, 1.54) is 0 Å². The molecule has 0 saturated carbocycles. The van der Waals surface area contributed by atoms with E-state index in [0.717, 1.165) is 35.3 Å². The normalized spacial score (nSPS) is 16.5. The molecule has 0 radical (unpaired) electrons. The molecule has 2 aromatic carbocycles. The fourth-order valence-corrected chi connectivity index (χ4v) is 4.32. The number of carbonyl (C=O) groups is 2. The van der Waals surface area contributed by atoms with Crippen molar-refractivity contribution in [1.29, 1.82) is 0 Å². The van der Waals surface area contributed by atoms with E-state index in [-0.39, 0.29) is 11.8 Å². The van der Waals surface area contributed by atoms with E-state index in [0.29, 0.717) is 25.1 Å². The number of hydrogen-bond donors (Lipinski definition) is 0. The molecule has 3 aromatic rings. The van der Waals surface area contributed by atoms with Gasteiger partial charge in [-0.1, -0.05) is 61.5 Å². The summed E-state index contributed by atoms with van der Waals surface area (Å²) in [6, 6.07) is 18.0. The number of amides is 2. The molecule has 2 amide bonds. The summed E-state index contributed by atoms with van der Waals surface area (Å²) in [6.45, 7) is 5.77. The van der Waals surface area contributed by atoms with Crippen molar-refractivity contribution in [2.45, 2.75) is 32.7 Å². The fraction of sp³-hybridized carbons (Fsp3) is 0.346. The van der Waals surface area contributed by atoms with Crippen molar-refractivity contribution < 1.29 is 9.59 Å². The Morgan fingerprint density at radius 1 is 1.03 bits per heavy atom. The van der Waals surface area contributed by atoms with Crippen molar-refractivity contribution in [2.75, 3.05) is 19.6 Å². The SMILES string of the molecule is CCCN1CCN(C(=O)c2cnn(C)c2C)[C@@H](Cc2ccc(-c3ccccc3)cc2)C1=O.